The average Bonchev–Trinajstić information content (AvgIpc) is 2.74. The van der Waals surface area contributed by atoms with E-state index < -0.39 is 5.60 Å². The number of rotatable bonds is 1. The van der Waals surface area contributed by atoms with Gasteiger partial charge >= 0.3 is 6.09 Å². The van der Waals surface area contributed by atoms with Gasteiger partial charge in [0, 0.05) is 26.2 Å². The summed E-state index contributed by atoms with van der Waals surface area (Å²) >= 11 is 1.41. The van der Waals surface area contributed by atoms with Gasteiger partial charge in [0.15, 0.2) is 0 Å². The highest BCUT2D eigenvalue weighted by atomic mass is 32.1. The molecule has 0 radical (unpaired) electrons. The van der Waals surface area contributed by atoms with E-state index in [0.29, 0.717) is 13.1 Å². The summed E-state index contributed by atoms with van der Waals surface area (Å²) in [4.78, 5) is 20.1. The monoisotopic (exact) mass is 284 g/mol. The van der Waals surface area contributed by atoms with Crippen molar-refractivity contribution in [2.24, 2.45) is 0 Å². The van der Waals surface area contributed by atoms with Crippen molar-refractivity contribution in [1.29, 1.82) is 0 Å². The summed E-state index contributed by atoms with van der Waals surface area (Å²) in [7, 11) is 0. The van der Waals surface area contributed by atoms with Crippen molar-refractivity contribution in [2.75, 3.05) is 31.1 Å². The Bertz CT molecular complexity index is 447. The number of carbonyl (C=O) groups excluding carboxylic acids is 1. The first kappa shape index (κ1) is 14.0. The van der Waals surface area contributed by atoms with E-state index in [1.807, 2.05) is 27.7 Å². The highest BCUT2D eigenvalue weighted by Crippen LogP contribution is 2.16. The molecule has 0 aliphatic carbocycles. The van der Waals surface area contributed by atoms with Gasteiger partial charge in [-0.1, -0.05) is 0 Å². The number of aryl methyl sites for hydroxylation is 1. The predicted octanol–water partition coefficient (Wildman–Crippen LogP) is 1.90. The lowest BCUT2D eigenvalue weighted by Crippen LogP contribution is -2.50. The van der Waals surface area contributed by atoms with Gasteiger partial charge < -0.3 is 14.5 Å². The van der Waals surface area contributed by atoms with Crippen LogP contribution in [0, 0.1) is 6.92 Å². The first-order valence-corrected chi connectivity index (χ1v) is 7.16. The minimum atomic E-state index is -0.443. The second kappa shape index (κ2) is 5.32. The van der Waals surface area contributed by atoms with Gasteiger partial charge in [0.05, 0.1) is 0 Å². The lowest BCUT2D eigenvalue weighted by molar-refractivity contribution is 0.0240. The highest BCUT2D eigenvalue weighted by molar-refractivity contribution is 7.05. The number of hydrogen-bond donors (Lipinski definition) is 0. The SMILES string of the molecule is Cc1nc(N2CCN(C(=O)OC(C)(C)C)CC2)ns1. The fourth-order valence-electron chi connectivity index (χ4n) is 1.83. The molecule has 1 aliphatic rings. The van der Waals surface area contributed by atoms with Crippen LogP contribution >= 0.6 is 11.5 Å². The molecule has 1 saturated heterocycles. The number of amides is 1. The zero-order valence-electron chi connectivity index (χ0n) is 11.8. The van der Waals surface area contributed by atoms with Crippen LogP contribution in [-0.4, -0.2) is 52.1 Å². The minimum absolute atomic E-state index is 0.241. The number of nitrogens with zero attached hydrogens (tertiary/aromatic N) is 4. The van der Waals surface area contributed by atoms with Gasteiger partial charge in [0.2, 0.25) is 5.95 Å². The maximum Gasteiger partial charge on any atom is 0.410 e. The van der Waals surface area contributed by atoms with Crippen LogP contribution in [0.1, 0.15) is 25.8 Å². The van der Waals surface area contributed by atoms with Crippen molar-refractivity contribution in [3.8, 4) is 0 Å². The molecule has 1 aromatic heterocycles. The molecular weight excluding hydrogens is 264 g/mol. The van der Waals surface area contributed by atoms with E-state index >= 15 is 0 Å². The van der Waals surface area contributed by atoms with Crippen molar-refractivity contribution in [2.45, 2.75) is 33.3 Å². The lowest BCUT2D eigenvalue weighted by Gasteiger charge is -2.35. The summed E-state index contributed by atoms with van der Waals surface area (Å²) in [5, 5.41) is 0.963. The zero-order valence-corrected chi connectivity index (χ0v) is 12.7. The molecule has 1 aromatic rings. The molecule has 0 aromatic carbocycles. The molecule has 6 nitrogen and oxygen atoms in total. The Morgan fingerprint density at radius 1 is 1.26 bits per heavy atom. The number of carbonyl (C=O) groups is 1. The van der Waals surface area contributed by atoms with Crippen LogP contribution in [-0.2, 0) is 4.74 Å². The molecular formula is C12H20N4O2S. The van der Waals surface area contributed by atoms with Gasteiger partial charge in [-0.2, -0.15) is 4.37 Å². The molecule has 106 valence electrons. The average molecular weight is 284 g/mol. The summed E-state index contributed by atoms with van der Waals surface area (Å²) in [6.45, 7) is 10.4. The number of anilines is 1. The maximum absolute atomic E-state index is 11.9. The van der Waals surface area contributed by atoms with E-state index in [2.05, 4.69) is 14.3 Å². The molecule has 0 atom stereocenters. The molecule has 1 aliphatic heterocycles. The van der Waals surface area contributed by atoms with Crippen LogP contribution in [0.15, 0.2) is 0 Å². The molecule has 19 heavy (non-hydrogen) atoms. The normalized spacial score (nSPS) is 16.6. The Balaban J connectivity index is 1.87. The highest BCUT2D eigenvalue weighted by Gasteiger charge is 2.26. The molecule has 2 rings (SSSR count). The van der Waals surface area contributed by atoms with E-state index in [4.69, 9.17) is 4.74 Å². The molecule has 7 heteroatoms. The second-order valence-electron chi connectivity index (χ2n) is 5.57. The van der Waals surface area contributed by atoms with Crippen molar-refractivity contribution >= 4 is 23.6 Å². The van der Waals surface area contributed by atoms with E-state index in [0.717, 1.165) is 24.0 Å². The zero-order chi connectivity index (χ0) is 14.0. The number of ether oxygens (including phenoxy) is 1. The fraction of sp³-hybridized carbons (Fsp3) is 0.750. The van der Waals surface area contributed by atoms with Crippen LogP contribution in [0.25, 0.3) is 0 Å². The topological polar surface area (TPSA) is 58.6 Å². The Morgan fingerprint density at radius 2 is 1.89 bits per heavy atom. The number of aromatic nitrogens is 2. The first-order valence-electron chi connectivity index (χ1n) is 6.38. The Labute approximate surface area is 117 Å². The molecule has 0 spiro atoms. The van der Waals surface area contributed by atoms with Gasteiger partial charge in [-0.15, -0.1) is 0 Å². The molecule has 2 heterocycles. The van der Waals surface area contributed by atoms with Crippen molar-refractivity contribution in [3.05, 3.63) is 5.01 Å². The van der Waals surface area contributed by atoms with Crippen LogP contribution in [0.3, 0.4) is 0 Å². The predicted molar refractivity (Wildman–Crippen MR) is 74.7 cm³/mol. The molecule has 0 unspecified atom stereocenters. The van der Waals surface area contributed by atoms with Crippen LogP contribution in [0.4, 0.5) is 10.7 Å². The Kier molecular flexibility index (Phi) is 3.93. The van der Waals surface area contributed by atoms with Crippen LogP contribution < -0.4 is 4.90 Å². The van der Waals surface area contributed by atoms with Gasteiger partial charge in [-0.05, 0) is 39.2 Å². The smallest absolute Gasteiger partial charge is 0.410 e. The third-order valence-corrected chi connectivity index (χ3v) is 3.34. The summed E-state index contributed by atoms with van der Waals surface area (Å²) in [5.74, 6) is 0.770. The standard InChI is InChI=1S/C12H20N4O2S/c1-9-13-10(14-19-9)15-5-7-16(8-6-15)11(17)18-12(2,3)4/h5-8H2,1-4H3. The molecule has 1 amide bonds. The quantitative estimate of drug-likeness (QED) is 0.788. The van der Waals surface area contributed by atoms with E-state index in [9.17, 15) is 4.79 Å². The summed E-state index contributed by atoms with van der Waals surface area (Å²) in [6.07, 6.45) is -0.241. The maximum atomic E-state index is 11.9. The third-order valence-electron chi connectivity index (χ3n) is 2.73. The summed E-state index contributed by atoms with van der Waals surface area (Å²) in [6, 6.07) is 0. The largest absolute Gasteiger partial charge is 0.444 e. The van der Waals surface area contributed by atoms with Gasteiger partial charge in [0.1, 0.15) is 10.6 Å². The minimum Gasteiger partial charge on any atom is -0.444 e. The van der Waals surface area contributed by atoms with Gasteiger partial charge in [-0.3, -0.25) is 0 Å². The molecule has 0 bridgehead atoms. The van der Waals surface area contributed by atoms with E-state index in [1.165, 1.54) is 11.5 Å². The second-order valence-corrected chi connectivity index (χ2v) is 6.52. The lowest BCUT2D eigenvalue weighted by atomic mass is 10.2. The van der Waals surface area contributed by atoms with Crippen molar-refractivity contribution < 1.29 is 9.53 Å². The molecule has 0 saturated carbocycles. The Morgan fingerprint density at radius 3 is 2.37 bits per heavy atom. The summed E-state index contributed by atoms with van der Waals surface area (Å²) in [5.41, 5.74) is -0.443. The van der Waals surface area contributed by atoms with E-state index in [-0.39, 0.29) is 6.09 Å². The fourth-order valence-corrected chi connectivity index (χ4v) is 2.33. The molecule has 0 N–H and O–H groups in total. The number of hydrogen-bond acceptors (Lipinski definition) is 6. The summed E-state index contributed by atoms with van der Waals surface area (Å²) < 4.78 is 9.65. The van der Waals surface area contributed by atoms with Crippen LogP contribution in [0.2, 0.25) is 0 Å². The van der Waals surface area contributed by atoms with Crippen LogP contribution in [0.5, 0.6) is 0 Å². The molecule has 1 fully saturated rings. The van der Waals surface area contributed by atoms with Gasteiger partial charge in [0.25, 0.3) is 0 Å². The van der Waals surface area contributed by atoms with E-state index in [1.54, 1.807) is 4.90 Å². The van der Waals surface area contributed by atoms with Gasteiger partial charge in [-0.25, -0.2) is 9.78 Å². The first-order chi connectivity index (χ1) is 8.85. The van der Waals surface area contributed by atoms with Crippen molar-refractivity contribution in [3.63, 3.8) is 0 Å². The number of piperazine rings is 1. The third kappa shape index (κ3) is 3.79. The van der Waals surface area contributed by atoms with Crippen molar-refractivity contribution in [1.82, 2.24) is 14.3 Å². The Hall–Kier alpha value is -1.37.